The fourth-order valence-electron chi connectivity index (χ4n) is 2.55. The monoisotopic (exact) mass is 229 g/mol. The lowest BCUT2D eigenvalue weighted by Gasteiger charge is -2.12. The van der Waals surface area contributed by atoms with Crippen molar-refractivity contribution in [2.24, 2.45) is 16.7 Å². The molecule has 1 aliphatic rings. The standard InChI is InChI=1S/C13H27NO2/c1-6-16-9-10(15)7-14-8-11-12(2,3)13(11,4)5/h10-11,14-15H,6-9H2,1-5H3. The van der Waals surface area contributed by atoms with Gasteiger partial charge >= 0.3 is 0 Å². The van der Waals surface area contributed by atoms with Gasteiger partial charge in [-0.25, -0.2) is 0 Å². The van der Waals surface area contributed by atoms with E-state index in [9.17, 15) is 5.11 Å². The Morgan fingerprint density at radius 1 is 1.25 bits per heavy atom. The third-order valence-electron chi connectivity index (χ3n) is 4.56. The van der Waals surface area contributed by atoms with Crippen LogP contribution in [0.2, 0.25) is 0 Å². The molecule has 0 aromatic heterocycles. The minimum absolute atomic E-state index is 0.384. The average Bonchev–Trinajstić information content (AvgIpc) is 2.57. The van der Waals surface area contributed by atoms with Gasteiger partial charge in [0.15, 0.2) is 0 Å². The van der Waals surface area contributed by atoms with Crippen molar-refractivity contribution < 1.29 is 9.84 Å². The molecule has 96 valence electrons. The van der Waals surface area contributed by atoms with Crippen LogP contribution in [0.1, 0.15) is 34.6 Å². The summed E-state index contributed by atoms with van der Waals surface area (Å²) in [7, 11) is 0. The topological polar surface area (TPSA) is 41.5 Å². The summed E-state index contributed by atoms with van der Waals surface area (Å²) in [5, 5.41) is 12.9. The molecule has 1 aliphatic carbocycles. The van der Waals surface area contributed by atoms with Crippen LogP contribution in [0, 0.1) is 16.7 Å². The summed E-state index contributed by atoms with van der Waals surface area (Å²) in [6.45, 7) is 13.9. The molecule has 0 aromatic rings. The Labute approximate surface area is 99.6 Å². The van der Waals surface area contributed by atoms with Gasteiger partial charge in [-0.2, -0.15) is 0 Å². The van der Waals surface area contributed by atoms with E-state index in [0.717, 1.165) is 6.54 Å². The van der Waals surface area contributed by atoms with E-state index < -0.39 is 0 Å². The van der Waals surface area contributed by atoms with Crippen molar-refractivity contribution in [2.45, 2.75) is 40.7 Å². The molecular weight excluding hydrogens is 202 g/mol. The van der Waals surface area contributed by atoms with Gasteiger partial charge in [0, 0.05) is 13.2 Å². The first-order chi connectivity index (χ1) is 7.34. The zero-order valence-electron chi connectivity index (χ0n) is 11.3. The van der Waals surface area contributed by atoms with E-state index in [4.69, 9.17) is 4.74 Å². The highest BCUT2D eigenvalue weighted by atomic mass is 16.5. The minimum atomic E-state index is -0.384. The van der Waals surface area contributed by atoms with Crippen LogP contribution in [-0.2, 0) is 4.74 Å². The molecule has 1 rings (SSSR count). The van der Waals surface area contributed by atoms with Crippen molar-refractivity contribution in [2.75, 3.05) is 26.3 Å². The van der Waals surface area contributed by atoms with Crippen LogP contribution >= 0.6 is 0 Å². The van der Waals surface area contributed by atoms with Crippen LogP contribution in [0.5, 0.6) is 0 Å². The normalized spacial score (nSPS) is 24.4. The summed E-state index contributed by atoms with van der Waals surface area (Å²) >= 11 is 0. The number of nitrogens with one attached hydrogen (secondary N) is 1. The van der Waals surface area contributed by atoms with Crippen molar-refractivity contribution in [3.8, 4) is 0 Å². The molecule has 16 heavy (non-hydrogen) atoms. The quantitative estimate of drug-likeness (QED) is 0.697. The van der Waals surface area contributed by atoms with Gasteiger partial charge in [0.2, 0.25) is 0 Å². The molecule has 3 nitrogen and oxygen atoms in total. The molecule has 1 unspecified atom stereocenters. The summed E-state index contributed by atoms with van der Waals surface area (Å²) < 4.78 is 5.16. The number of aliphatic hydroxyl groups is 1. The van der Waals surface area contributed by atoms with E-state index in [0.29, 0.717) is 36.5 Å². The molecule has 0 aliphatic heterocycles. The molecule has 3 heteroatoms. The molecule has 0 spiro atoms. The first-order valence-electron chi connectivity index (χ1n) is 6.30. The van der Waals surface area contributed by atoms with Crippen molar-refractivity contribution >= 4 is 0 Å². The van der Waals surface area contributed by atoms with Crippen molar-refractivity contribution in [3.05, 3.63) is 0 Å². The zero-order chi connectivity index (χ0) is 12.4. The third-order valence-corrected chi connectivity index (χ3v) is 4.56. The molecule has 2 N–H and O–H groups in total. The molecule has 0 aromatic carbocycles. The van der Waals surface area contributed by atoms with Gasteiger partial charge in [0.1, 0.15) is 0 Å². The zero-order valence-corrected chi connectivity index (χ0v) is 11.3. The molecular formula is C13H27NO2. The molecule has 0 amide bonds. The van der Waals surface area contributed by atoms with E-state index in [1.165, 1.54) is 0 Å². The largest absolute Gasteiger partial charge is 0.389 e. The Balaban J connectivity index is 2.13. The number of hydrogen-bond acceptors (Lipinski definition) is 3. The smallest absolute Gasteiger partial charge is 0.0897 e. The van der Waals surface area contributed by atoms with Crippen molar-refractivity contribution in [1.82, 2.24) is 5.32 Å². The van der Waals surface area contributed by atoms with Crippen LogP contribution in [0.25, 0.3) is 0 Å². The second-order valence-corrected chi connectivity index (χ2v) is 5.97. The van der Waals surface area contributed by atoms with Gasteiger partial charge in [0.05, 0.1) is 12.7 Å². The molecule has 0 saturated heterocycles. The number of rotatable bonds is 7. The van der Waals surface area contributed by atoms with Gasteiger partial charge in [-0.05, 0) is 30.2 Å². The maximum atomic E-state index is 9.59. The number of hydrogen-bond donors (Lipinski definition) is 2. The predicted molar refractivity (Wildman–Crippen MR) is 66.4 cm³/mol. The van der Waals surface area contributed by atoms with Crippen molar-refractivity contribution in [1.29, 1.82) is 0 Å². The fourth-order valence-corrected chi connectivity index (χ4v) is 2.55. The van der Waals surface area contributed by atoms with Gasteiger partial charge in [-0.3, -0.25) is 0 Å². The number of ether oxygens (including phenoxy) is 1. The molecule has 1 saturated carbocycles. The van der Waals surface area contributed by atoms with Crippen molar-refractivity contribution in [3.63, 3.8) is 0 Å². The minimum Gasteiger partial charge on any atom is -0.389 e. The third kappa shape index (κ3) is 2.76. The summed E-state index contributed by atoms with van der Waals surface area (Å²) in [6, 6.07) is 0. The van der Waals surface area contributed by atoms with E-state index >= 15 is 0 Å². The van der Waals surface area contributed by atoms with Gasteiger partial charge < -0.3 is 15.2 Å². The second-order valence-electron chi connectivity index (χ2n) is 5.97. The Hall–Kier alpha value is -0.120. The highest BCUT2D eigenvalue weighted by Crippen LogP contribution is 2.67. The fraction of sp³-hybridized carbons (Fsp3) is 1.00. The number of aliphatic hydroxyl groups excluding tert-OH is 1. The van der Waals surface area contributed by atoms with Crippen LogP contribution in [0.3, 0.4) is 0 Å². The van der Waals surface area contributed by atoms with Crippen LogP contribution < -0.4 is 5.32 Å². The first-order valence-corrected chi connectivity index (χ1v) is 6.30. The van der Waals surface area contributed by atoms with Gasteiger partial charge in [-0.1, -0.05) is 27.7 Å². The summed E-state index contributed by atoms with van der Waals surface area (Å²) in [6.07, 6.45) is -0.384. The highest BCUT2D eigenvalue weighted by Gasteiger charge is 2.63. The lowest BCUT2D eigenvalue weighted by atomic mass is 10.0. The van der Waals surface area contributed by atoms with Crippen LogP contribution in [-0.4, -0.2) is 37.5 Å². The van der Waals surface area contributed by atoms with Crippen LogP contribution in [0.4, 0.5) is 0 Å². The summed E-state index contributed by atoms with van der Waals surface area (Å²) in [5.74, 6) is 0.708. The first kappa shape index (κ1) is 13.9. The lowest BCUT2D eigenvalue weighted by molar-refractivity contribution is 0.0426. The Kier molecular flexibility index (Phi) is 4.38. The lowest BCUT2D eigenvalue weighted by Crippen LogP contribution is -2.32. The van der Waals surface area contributed by atoms with Crippen LogP contribution in [0.15, 0.2) is 0 Å². The Morgan fingerprint density at radius 2 is 1.81 bits per heavy atom. The summed E-state index contributed by atoms with van der Waals surface area (Å²) in [5.41, 5.74) is 0.843. The van der Waals surface area contributed by atoms with E-state index in [1.54, 1.807) is 0 Å². The molecule has 1 fully saturated rings. The molecule has 0 bridgehead atoms. The maximum Gasteiger partial charge on any atom is 0.0897 e. The SMILES string of the molecule is CCOCC(O)CNCC1C(C)(C)C1(C)C. The molecule has 1 atom stereocenters. The summed E-state index contributed by atoms with van der Waals surface area (Å²) in [4.78, 5) is 0. The molecule has 0 radical (unpaired) electrons. The van der Waals surface area contributed by atoms with E-state index in [1.807, 2.05) is 6.92 Å². The predicted octanol–water partition coefficient (Wildman–Crippen LogP) is 1.66. The average molecular weight is 229 g/mol. The van der Waals surface area contributed by atoms with E-state index in [-0.39, 0.29) is 6.10 Å². The van der Waals surface area contributed by atoms with Gasteiger partial charge in [0.25, 0.3) is 0 Å². The highest BCUT2D eigenvalue weighted by molar-refractivity contribution is 5.12. The Bertz CT molecular complexity index is 212. The maximum absolute atomic E-state index is 9.59. The van der Waals surface area contributed by atoms with Gasteiger partial charge in [-0.15, -0.1) is 0 Å². The second kappa shape index (κ2) is 5.03. The Morgan fingerprint density at radius 3 is 2.25 bits per heavy atom. The molecule has 0 heterocycles. The van der Waals surface area contributed by atoms with E-state index in [2.05, 4.69) is 33.0 Å².